The standard InChI is InChI=1S/C25H22N2O7S/c1-12-11-15(7-10-17(12)33-3)20(29)18-19(14-5-8-16(28)9-6-14)27(23(31)21(18)30)25-26-13(2)22(35-25)24(32)34-4/h5-11,19,28-29H,1-4H3/b20-18+/t19-/m0/s1. The summed E-state index contributed by atoms with van der Waals surface area (Å²) >= 11 is 0.911. The molecule has 1 fully saturated rings. The molecule has 1 aromatic heterocycles. The predicted octanol–water partition coefficient (Wildman–Crippen LogP) is 3.89. The number of thiazole rings is 1. The van der Waals surface area contributed by atoms with Gasteiger partial charge in [-0.15, -0.1) is 0 Å². The van der Waals surface area contributed by atoms with E-state index in [9.17, 15) is 24.6 Å². The molecule has 2 N–H and O–H groups in total. The molecule has 10 heteroatoms. The summed E-state index contributed by atoms with van der Waals surface area (Å²) in [5.41, 5.74) is 1.72. The fourth-order valence-electron chi connectivity index (χ4n) is 3.95. The molecule has 0 spiro atoms. The van der Waals surface area contributed by atoms with Gasteiger partial charge in [-0.1, -0.05) is 23.5 Å². The topological polar surface area (TPSA) is 126 Å². The molecule has 180 valence electrons. The summed E-state index contributed by atoms with van der Waals surface area (Å²) < 4.78 is 10.1. The highest BCUT2D eigenvalue weighted by molar-refractivity contribution is 7.17. The van der Waals surface area contributed by atoms with Crippen LogP contribution in [-0.4, -0.2) is 47.1 Å². The molecule has 1 aliphatic heterocycles. The van der Waals surface area contributed by atoms with Gasteiger partial charge in [0.2, 0.25) is 0 Å². The van der Waals surface area contributed by atoms with Gasteiger partial charge in [0, 0.05) is 5.56 Å². The molecule has 35 heavy (non-hydrogen) atoms. The zero-order valence-corrected chi connectivity index (χ0v) is 20.2. The molecule has 1 saturated heterocycles. The number of hydrogen-bond donors (Lipinski definition) is 2. The Kier molecular flexibility index (Phi) is 6.31. The Hall–Kier alpha value is -4.18. The number of phenols is 1. The number of aryl methyl sites for hydroxylation is 2. The maximum atomic E-state index is 13.2. The molecule has 3 aromatic rings. The highest BCUT2D eigenvalue weighted by Crippen LogP contribution is 2.44. The number of aliphatic hydroxyl groups excluding tert-OH is 1. The van der Waals surface area contributed by atoms with E-state index >= 15 is 0 Å². The van der Waals surface area contributed by atoms with Crippen molar-refractivity contribution in [3.63, 3.8) is 0 Å². The zero-order chi connectivity index (χ0) is 25.4. The Morgan fingerprint density at radius 2 is 1.77 bits per heavy atom. The van der Waals surface area contributed by atoms with Crippen molar-refractivity contribution >= 4 is 39.9 Å². The maximum absolute atomic E-state index is 13.2. The minimum Gasteiger partial charge on any atom is -0.508 e. The van der Waals surface area contributed by atoms with Gasteiger partial charge in [0.1, 0.15) is 22.1 Å². The SMILES string of the molecule is COC(=O)c1sc(N2C(=O)C(=O)/C(=C(/O)c3ccc(OC)c(C)c3)[C@@H]2c2ccc(O)cc2)nc1C. The van der Waals surface area contributed by atoms with Crippen LogP contribution in [0, 0.1) is 13.8 Å². The van der Waals surface area contributed by atoms with Crippen LogP contribution in [0.3, 0.4) is 0 Å². The van der Waals surface area contributed by atoms with Crippen molar-refractivity contribution in [3.8, 4) is 11.5 Å². The van der Waals surface area contributed by atoms with Gasteiger partial charge in [-0.3, -0.25) is 14.5 Å². The lowest BCUT2D eigenvalue weighted by Gasteiger charge is -2.23. The first kappa shape index (κ1) is 24.0. The fourth-order valence-corrected chi connectivity index (χ4v) is 4.96. The number of carbonyl (C=O) groups is 3. The van der Waals surface area contributed by atoms with E-state index in [1.165, 1.54) is 26.4 Å². The smallest absolute Gasteiger partial charge is 0.350 e. The number of carbonyl (C=O) groups excluding carboxylic acids is 3. The summed E-state index contributed by atoms with van der Waals surface area (Å²) in [6, 6.07) is 9.78. The largest absolute Gasteiger partial charge is 0.508 e. The third-order valence-corrected chi connectivity index (χ3v) is 6.82. The second-order valence-electron chi connectivity index (χ2n) is 7.85. The molecular weight excluding hydrogens is 472 g/mol. The molecule has 4 rings (SSSR count). The number of ether oxygens (including phenoxy) is 2. The normalized spacial score (nSPS) is 17.0. The third kappa shape index (κ3) is 4.12. The van der Waals surface area contributed by atoms with Crippen LogP contribution in [0.5, 0.6) is 11.5 Å². The maximum Gasteiger partial charge on any atom is 0.350 e. The van der Waals surface area contributed by atoms with E-state index in [1.807, 2.05) is 0 Å². The number of esters is 1. The van der Waals surface area contributed by atoms with Crippen LogP contribution in [0.25, 0.3) is 5.76 Å². The Labute approximate surface area is 204 Å². The summed E-state index contributed by atoms with van der Waals surface area (Å²) in [5.74, 6) is -2.18. The number of rotatable bonds is 5. The second-order valence-corrected chi connectivity index (χ2v) is 8.83. The summed E-state index contributed by atoms with van der Waals surface area (Å²) in [7, 11) is 2.76. The first-order chi connectivity index (χ1) is 16.7. The van der Waals surface area contributed by atoms with E-state index in [2.05, 4.69) is 4.98 Å². The molecule has 2 heterocycles. The fraction of sp³-hybridized carbons (Fsp3) is 0.200. The van der Waals surface area contributed by atoms with Crippen LogP contribution >= 0.6 is 11.3 Å². The molecule has 1 atom stereocenters. The van der Waals surface area contributed by atoms with Gasteiger partial charge >= 0.3 is 11.9 Å². The van der Waals surface area contributed by atoms with Crippen LogP contribution < -0.4 is 9.64 Å². The van der Waals surface area contributed by atoms with E-state index in [4.69, 9.17) is 9.47 Å². The number of amides is 1. The molecule has 1 aliphatic rings. The molecule has 0 aliphatic carbocycles. The predicted molar refractivity (Wildman–Crippen MR) is 129 cm³/mol. The third-order valence-electron chi connectivity index (χ3n) is 5.68. The van der Waals surface area contributed by atoms with Gasteiger partial charge in [0.25, 0.3) is 5.78 Å². The van der Waals surface area contributed by atoms with Gasteiger partial charge < -0.3 is 19.7 Å². The van der Waals surface area contributed by atoms with E-state index < -0.39 is 23.7 Å². The summed E-state index contributed by atoms with van der Waals surface area (Å²) in [6.45, 7) is 3.39. The molecule has 2 aromatic carbocycles. The first-order valence-corrected chi connectivity index (χ1v) is 11.3. The second kappa shape index (κ2) is 9.22. The average Bonchev–Trinajstić information content (AvgIpc) is 3.35. The number of aromatic hydroxyl groups is 1. The van der Waals surface area contributed by atoms with Gasteiger partial charge in [0.05, 0.1) is 31.5 Å². The van der Waals surface area contributed by atoms with Crippen molar-refractivity contribution in [3.05, 3.63) is 75.3 Å². The number of aliphatic hydroxyl groups is 1. The lowest BCUT2D eigenvalue weighted by molar-refractivity contribution is -0.132. The van der Waals surface area contributed by atoms with Crippen molar-refractivity contribution in [2.45, 2.75) is 19.9 Å². The summed E-state index contributed by atoms with van der Waals surface area (Å²) in [5, 5.41) is 21.1. The van der Waals surface area contributed by atoms with Crippen molar-refractivity contribution in [1.29, 1.82) is 0 Å². The van der Waals surface area contributed by atoms with E-state index in [-0.39, 0.29) is 27.1 Å². The number of benzene rings is 2. The van der Waals surface area contributed by atoms with Crippen molar-refractivity contribution in [2.24, 2.45) is 0 Å². The number of Topliss-reactive ketones (excluding diaryl/α,β-unsaturated/α-hetero) is 1. The van der Waals surface area contributed by atoms with Gasteiger partial charge in [-0.25, -0.2) is 9.78 Å². The highest BCUT2D eigenvalue weighted by atomic mass is 32.1. The minimum absolute atomic E-state index is 0.00505. The molecule has 1 amide bonds. The van der Waals surface area contributed by atoms with Crippen LogP contribution in [0.4, 0.5) is 5.13 Å². The minimum atomic E-state index is -1.05. The number of methoxy groups -OCH3 is 2. The molecule has 9 nitrogen and oxygen atoms in total. The van der Waals surface area contributed by atoms with Gasteiger partial charge in [0.15, 0.2) is 5.13 Å². The number of hydrogen-bond acceptors (Lipinski definition) is 9. The first-order valence-electron chi connectivity index (χ1n) is 10.5. The molecule has 0 radical (unpaired) electrons. The molecule has 0 bridgehead atoms. The number of ketones is 1. The van der Waals surface area contributed by atoms with E-state index in [0.29, 0.717) is 22.6 Å². The Morgan fingerprint density at radius 3 is 2.37 bits per heavy atom. The number of phenolic OH excluding ortho intramolecular Hbond substituents is 1. The number of aromatic nitrogens is 1. The molecule has 0 saturated carbocycles. The molecular formula is C25H22N2O7S. The average molecular weight is 495 g/mol. The Balaban J connectivity index is 1.93. The van der Waals surface area contributed by atoms with Crippen LogP contribution in [0.15, 0.2) is 48.0 Å². The quantitative estimate of drug-likeness (QED) is 0.237. The van der Waals surface area contributed by atoms with E-state index in [1.54, 1.807) is 44.2 Å². The number of nitrogens with zero attached hydrogens (tertiary/aromatic N) is 2. The van der Waals surface area contributed by atoms with Crippen LogP contribution in [0.1, 0.15) is 38.1 Å². The highest BCUT2D eigenvalue weighted by Gasteiger charge is 2.48. The summed E-state index contributed by atoms with van der Waals surface area (Å²) in [6.07, 6.45) is 0. The Morgan fingerprint density at radius 1 is 1.09 bits per heavy atom. The van der Waals surface area contributed by atoms with Crippen molar-refractivity contribution in [1.82, 2.24) is 4.98 Å². The van der Waals surface area contributed by atoms with Crippen molar-refractivity contribution < 1.29 is 34.1 Å². The van der Waals surface area contributed by atoms with Gasteiger partial charge in [-0.05, 0) is 55.3 Å². The number of anilines is 1. The lowest BCUT2D eigenvalue weighted by Crippen LogP contribution is -2.29. The van der Waals surface area contributed by atoms with Crippen LogP contribution in [0.2, 0.25) is 0 Å². The summed E-state index contributed by atoms with van der Waals surface area (Å²) in [4.78, 5) is 44.3. The van der Waals surface area contributed by atoms with Gasteiger partial charge in [-0.2, -0.15) is 0 Å². The van der Waals surface area contributed by atoms with Crippen LogP contribution in [-0.2, 0) is 14.3 Å². The monoisotopic (exact) mass is 494 g/mol. The van der Waals surface area contributed by atoms with Crippen molar-refractivity contribution in [2.75, 3.05) is 19.1 Å². The molecule has 0 unspecified atom stereocenters. The van der Waals surface area contributed by atoms with E-state index in [0.717, 1.165) is 21.8 Å². The zero-order valence-electron chi connectivity index (χ0n) is 19.4. The Bertz CT molecular complexity index is 1370. The lowest BCUT2D eigenvalue weighted by atomic mass is 9.95.